The summed E-state index contributed by atoms with van der Waals surface area (Å²) in [5.41, 5.74) is 5.24. The first-order valence-electron chi connectivity index (χ1n) is 5.20. The number of nitrogen functional groups attached to an aromatic ring is 1. The summed E-state index contributed by atoms with van der Waals surface area (Å²) in [6, 6.07) is 3.80. The van der Waals surface area contributed by atoms with Gasteiger partial charge in [-0.15, -0.1) is 0 Å². The van der Waals surface area contributed by atoms with E-state index in [-0.39, 0.29) is 42.0 Å². The molecular weight excluding hydrogens is 240 g/mol. The average molecular weight is 252 g/mol. The van der Waals surface area contributed by atoms with Crippen LogP contribution in [0.3, 0.4) is 0 Å². The van der Waals surface area contributed by atoms with Crippen LogP contribution in [0.4, 0.5) is 11.4 Å². The van der Waals surface area contributed by atoms with Gasteiger partial charge < -0.3 is 10.8 Å². The molecule has 0 aromatic heterocycles. The second-order valence-electron chi connectivity index (χ2n) is 3.70. The smallest absolute Gasteiger partial charge is 0.303 e. The number of nitrogens with zero attached hydrogens (tertiary/aromatic N) is 1. The summed E-state index contributed by atoms with van der Waals surface area (Å²) < 4.78 is 0. The third-order valence-corrected chi connectivity index (χ3v) is 2.34. The zero-order chi connectivity index (χ0) is 13.7. The summed E-state index contributed by atoms with van der Waals surface area (Å²) >= 11 is 0. The van der Waals surface area contributed by atoms with Gasteiger partial charge in [0, 0.05) is 24.5 Å². The topological polar surface area (TPSA) is 124 Å². The monoisotopic (exact) mass is 252 g/mol. The lowest BCUT2D eigenvalue weighted by atomic mass is 10.0. The Morgan fingerprint density at radius 2 is 2.00 bits per heavy atom. The molecule has 0 amide bonds. The Bertz CT molecular complexity index is 498. The highest BCUT2D eigenvalue weighted by Crippen LogP contribution is 2.23. The van der Waals surface area contributed by atoms with E-state index in [4.69, 9.17) is 10.8 Å². The number of hydrogen-bond donors (Lipinski definition) is 2. The number of benzene rings is 1. The lowest BCUT2D eigenvalue weighted by molar-refractivity contribution is -0.383. The number of carboxylic acids is 1. The van der Waals surface area contributed by atoms with Gasteiger partial charge in [-0.05, 0) is 18.6 Å². The molecule has 3 N–H and O–H groups in total. The van der Waals surface area contributed by atoms with E-state index in [1.165, 1.54) is 12.1 Å². The van der Waals surface area contributed by atoms with Gasteiger partial charge >= 0.3 is 5.97 Å². The van der Waals surface area contributed by atoms with Crippen molar-refractivity contribution in [3.05, 3.63) is 33.9 Å². The van der Waals surface area contributed by atoms with Crippen LogP contribution in [0.25, 0.3) is 0 Å². The van der Waals surface area contributed by atoms with Gasteiger partial charge in [0.2, 0.25) is 0 Å². The third-order valence-electron chi connectivity index (χ3n) is 2.34. The Morgan fingerprint density at radius 3 is 2.56 bits per heavy atom. The molecule has 0 spiro atoms. The number of carboxylic acid groups (broad SMARTS) is 1. The minimum Gasteiger partial charge on any atom is -0.481 e. The van der Waals surface area contributed by atoms with Crippen molar-refractivity contribution in [2.24, 2.45) is 0 Å². The molecule has 7 nitrogen and oxygen atoms in total. The minimum atomic E-state index is -0.980. The number of nitro groups is 1. The number of carbonyl (C=O) groups is 2. The molecule has 1 aromatic rings. The van der Waals surface area contributed by atoms with Crippen LogP contribution < -0.4 is 5.73 Å². The van der Waals surface area contributed by atoms with Gasteiger partial charge in [-0.1, -0.05) is 0 Å². The molecule has 0 heterocycles. The van der Waals surface area contributed by atoms with Gasteiger partial charge in [0.1, 0.15) is 5.69 Å². The molecular formula is C11H12N2O5. The number of carbonyl (C=O) groups excluding carboxylic acids is 1. The van der Waals surface area contributed by atoms with Crippen LogP contribution in [0.15, 0.2) is 18.2 Å². The van der Waals surface area contributed by atoms with Gasteiger partial charge in [0.05, 0.1) is 4.92 Å². The average Bonchev–Trinajstić information content (AvgIpc) is 2.28. The predicted molar refractivity (Wildman–Crippen MR) is 63.3 cm³/mol. The van der Waals surface area contributed by atoms with E-state index in [9.17, 15) is 19.7 Å². The fraction of sp³-hybridized carbons (Fsp3) is 0.273. The van der Waals surface area contributed by atoms with E-state index >= 15 is 0 Å². The zero-order valence-electron chi connectivity index (χ0n) is 9.46. The van der Waals surface area contributed by atoms with Crippen LogP contribution >= 0.6 is 0 Å². The molecule has 1 aromatic carbocycles. The summed E-state index contributed by atoms with van der Waals surface area (Å²) in [5, 5.41) is 19.1. The summed E-state index contributed by atoms with van der Waals surface area (Å²) in [7, 11) is 0. The van der Waals surface area contributed by atoms with Crippen LogP contribution in [0.1, 0.15) is 29.6 Å². The second kappa shape index (κ2) is 5.76. The normalized spacial score (nSPS) is 10.0. The number of nitrogens with two attached hydrogens (primary N) is 1. The number of nitro benzene ring substituents is 1. The first kappa shape index (κ1) is 13.6. The fourth-order valence-corrected chi connectivity index (χ4v) is 1.42. The van der Waals surface area contributed by atoms with Crippen molar-refractivity contribution < 1.29 is 19.6 Å². The Hall–Kier alpha value is -2.44. The lowest BCUT2D eigenvalue weighted by Crippen LogP contribution is -2.04. The second-order valence-corrected chi connectivity index (χ2v) is 3.70. The van der Waals surface area contributed by atoms with Gasteiger partial charge in [0.15, 0.2) is 5.78 Å². The van der Waals surface area contributed by atoms with E-state index in [1.807, 2.05) is 0 Å². The highest BCUT2D eigenvalue weighted by Gasteiger charge is 2.15. The molecule has 0 unspecified atom stereocenters. The number of hydrogen-bond acceptors (Lipinski definition) is 5. The van der Waals surface area contributed by atoms with Crippen LogP contribution in [0, 0.1) is 10.1 Å². The van der Waals surface area contributed by atoms with Crippen molar-refractivity contribution in [1.82, 2.24) is 0 Å². The summed E-state index contributed by atoms with van der Waals surface area (Å²) in [6.45, 7) is 0. The molecule has 0 aliphatic carbocycles. The molecule has 0 atom stereocenters. The predicted octanol–water partition coefficient (Wildman–Crippen LogP) is 1.61. The van der Waals surface area contributed by atoms with Crippen molar-refractivity contribution >= 4 is 23.1 Å². The van der Waals surface area contributed by atoms with Crippen molar-refractivity contribution in [2.45, 2.75) is 19.3 Å². The standard InChI is InChI=1S/C11H12N2O5/c12-8-5-4-7(6-9(8)13(17)18)10(14)2-1-3-11(15)16/h4-6H,1-3,12H2,(H,15,16). The molecule has 0 aliphatic rings. The van der Waals surface area contributed by atoms with Crippen LogP contribution in [-0.2, 0) is 4.79 Å². The maximum atomic E-state index is 11.7. The molecule has 0 fully saturated rings. The van der Waals surface area contributed by atoms with Gasteiger partial charge in [0.25, 0.3) is 5.69 Å². The Morgan fingerprint density at radius 1 is 1.33 bits per heavy atom. The zero-order valence-corrected chi connectivity index (χ0v) is 9.46. The summed E-state index contributed by atoms with van der Waals surface area (Å²) in [4.78, 5) is 31.9. The molecule has 18 heavy (non-hydrogen) atoms. The fourth-order valence-electron chi connectivity index (χ4n) is 1.42. The molecule has 0 saturated carbocycles. The molecule has 0 aliphatic heterocycles. The van der Waals surface area contributed by atoms with Gasteiger partial charge in [-0.2, -0.15) is 0 Å². The van der Waals surface area contributed by atoms with Crippen molar-refractivity contribution in [3.63, 3.8) is 0 Å². The van der Waals surface area contributed by atoms with Gasteiger partial charge in [-0.3, -0.25) is 19.7 Å². The van der Waals surface area contributed by atoms with Crippen molar-refractivity contribution in [1.29, 1.82) is 0 Å². The SMILES string of the molecule is Nc1ccc(C(=O)CCCC(=O)O)cc1[N+](=O)[O-]. The number of ketones is 1. The maximum absolute atomic E-state index is 11.7. The molecule has 0 saturated heterocycles. The largest absolute Gasteiger partial charge is 0.481 e. The lowest BCUT2D eigenvalue weighted by Gasteiger charge is -2.02. The number of rotatable bonds is 6. The Balaban J connectivity index is 2.77. The molecule has 1 rings (SSSR count). The van der Waals surface area contributed by atoms with E-state index in [2.05, 4.69) is 0 Å². The quantitative estimate of drug-likeness (QED) is 0.343. The third kappa shape index (κ3) is 3.55. The number of Topliss-reactive ketones (excluding diaryl/α,β-unsaturated/α-hetero) is 1. The highest BCUT2D eigenvalue weighted by atomic mass is 16.6. The van der Waals surface area contributed by atoms with Crippen molar-refractivity contribution in [2.75, 3.05) is 5.73 Å². The van der Waals surface area contributed by atoms with E-state index in [0.29, 0.717) is 0 Å². The molecule has 7 heteroatoms. The van der Waals surface area contributed by atoms with Crippen molar-refractivity contribution in [3.8, 4) is 0 Å². The maximum Gasteiger partial charge on any atom is 0.303 e. The van der Waals surface area contributed by atoms with E-state index in [1.54, 1.807) is 0 Å². The first-order valence-corrected chi connectivity index (χ1v) is 5.20. The summed E-state index contributed by atoms with van der Waals surface area (Å²) in [5.74, 6) is -1.31. The van der Waals surface area contributed by atoms with E-state index in [0.717, 1.165) is 6.07 Å². The van der Waals surface area contributed by atoms with E-state index < -0.39 is 10.9 Å². The van der Waals surface area contributed by atoms with Crippen LogP contribution in [0.2, 0.25) is 0 Å². The first-order chi connectivity index (χ1) is 8.41. The number of anilines is 1. The molecule has 0 bridgehead atoms. The van der Waals surface area contributed by atoms with Gasteiger partial charge in [-0.25, -0.2) is 0 Å². The highest BCUT2D eigenvalue weighted by molar-refractivity contribution is 5.97. The summed E-state index contributed by atoms with van der Waals surface area (Å²) in [6.07, 6.45) is 0.127. The number of aliphatic carboxylic acids is 1. The Labute approximate surface area is 102 Å². The van der Waals surface area contributed by atoms with Crippen LogP contribution in [0.5, 0.6) is 0 Å². The molecule has 96 valence electrons. The molecule has 0 radical (unpaired) electrons. The minimum absolute atomic E-state index is 0.0120. The van der Waals surface area contributed by atoms with Crippen LogP contribution in [-0.4, -0.2) is 21.8 Å². The Kier molecular flexibility index (Phi) is 4.36.